The van der Waals surface area contributed by atoms with Crippen molar-refractivity contribution in [1.82, 2.24) is 0 Å². The molecular weight excluding hydrogens is 526 g/mol. The van der Waals surface area contributed by atoms with Crippen molar-refractivity contribution in [3.05, 3.63) is 185 Å². The second-order valence-electron chi connectivity index (χ2n) is 11.0. The van der Waals surface area contributed by atoms with Crippen LogP contribution in [0.5, 0.6) is 0 Å². The summed E-state index contributed by atoms with van der Waals surface area (Å²) in [5.41, 5.74) is 11.8. The van der Waals surface area contributed by atoms with E-state index in [9.17, 15) is 9.59 Å². The minimum absolute atomic E-state index is 0.630. The molecule has 0 N–H and O–H groups in total. The SMILES string of the molecule is Cc1ccc(N(c2ccccc2)c2cccc3c2-c2ccccc2C3(c2ccc(C=O)cc2)c2ccc(C=O)cc2)cc1. The van der Waals surface area contributed by atoms with E-state index in [1.807, 2.05) is 30.3 Å². The van der Waals surface area contributed by atoms with Gasteiger partial charge in [0.05, 0.1) is 11.1 Å². The second kappa shape index (κ2) is 10.7. The van der Waals surface area contributed by atoms with Gasteiger partial charge >= 0.3 is 0 Å². The molecule has 0 saturated carbocycles. The molecule has 0 radical (unpaired) electrons. The molecule has 43 heavy (non-hydrogen) atoms. The van der Waals surface area contributed by atoms with Crippen LogP contribution in [0.2, 0.25) is 0 Å². The van der Waals surface area contributed by atoms with E-state index in [0.717, 1.165) is 63.0 Å². The van der Waals surface area contributed by atoms with Crippen molar-refractivity contribution in [2.24, 2.45) is 0 Å². The maximum Gasteiger partial charge on any atom is 0.150 e. The van der Waals surface area contributed by atoms with Crippen LogP contribution in [0.4, 0.5) is 17.1 Å². The Bertz CT molecular complexity index is 1890. The normalized spacial score (nSPS) is 12.7. The smallest absolute Gasteiger partial charge is 0.150 e. The van der Waals surface area contributed by atoms with Crippen LogP contribution in [-0.4, -0.2) is 12.6 Å². The van der Waals surface area contributed by atoms with E-state index in [0.29, 0.717) is 11.1 Å². The summed E-state index contributed by atoms with van der Waals surface area (Å²) in [6.07, 6.45) is 1.76. The molecule has 3 nitrogen and oxygen atoms in total. The zero-order chi connectivity index (χ0) is 29.4. The zero-order valence-corrected chi connectivity index (χ0v) is 23.8. The Hall–Kier alpha value is -5.54. The quantitative estimate of drug-likeness (QED) is 0.184. The number of hydrogen-bond acceptors (Lipinski definition) is 3. The molecule has 0 spiro atoms. The third-order valence-electron chi connectivity index (χ3n) is 8.55. The van der Waals surface area contributed by atoms with Gasteiger partial charge in [0.1, 0.15) is 12.6 Å². The van der Waals surface area contributed by atoms with E-state index < -0.39 is 5.41 Å². The van der Waals surface area contributed by atoms with Crippen molar-refractivity contribution in [1.29, 1.82) is 0 Å². The number of carbonyl (C=O) groups is 2. The van der Waals surface area contributed by atoms with Gasteiger partial charge in [-0.15, -0.1) is 0 Å². The molecule has 0 unspecified atom stereocenters. The molecule has 0 heterocycles. The Morgan fingerprint density at radius 3 is 1.65 bits per heavy atom. The number of hydrogen-bond donors (Lipinski definition) is 0. The Kier molecular flexibility index (Phi) is 6.56. The average Bonchev–Trinajstić information content (AvgIpc) is 3.38. The predicted molar refractivity (Wildman–Crippen MR) is 174 cm³/mol. The summed E-state index contributed by atoms with van der Waals surface area (Å²) in [7, 11) is 0. The highest BCUT2D eigenvalue weighted by molar-refractivity contribution is 5.97. The van der Waals surface area contributed by atoms with Gasteiger partial charge in [-0.2, -0.15) is 0 Å². The average molecular weight is 556 g/mol. The van der Waals surface area contributed by atoms with Gasteiger partial charge in [0, 0.05) is 28.1 Å². The monoisotopic (exact) mass is 555 g/mol. The minimum atomic E-state index is -0.666. The molecule has 1 aliphatic carbocycles. The highest BCUT2D eigenvalue weighted by atomic mass is 16.1. The number of benzene rings is 6. The molecule has 6 aromatic carbocycles. The number of aryl methyl sites for hydroxylation is 1. The molecule has 0 aliphatic heterocycles. The van der Waals surface area contributed by atoms with E-state index in [1.165, 1.54) is 5.56 Å². The molecule has 0 bridgehead atoms. The van der Waals surface area contributed by atoms with E-state index in [-0.39, 0.29) is 0 Å². The van der Waals surface area contributed by atoms with Gasteiger partial charge in [0.15, 0.2) is 0 Å². The third kappa shape index (κ3) is 4.21. The topological polar surface area (TPSA) is 37.4 Å². The number of para-hydroxylation sites is 1. The van der Waals surface area contributed by atoms with Gasteiger partial charge in [-0.05, 0) is 65.1 Å². The number of nitrogens with zero attached hydrogens (tertiary/aromatic N) is 1. The van der Waals surface area contributed by atoms with Crippen LogP contribution in [-0.2, 0) is 5.41 Å². The number of aldehydes is 2. The zero-order valence-electron chi connectivity index (χ0n) is 23.8. The lowest BCUT2D eigenvalue weighted by atomic mass is 9.67. The number of carbonyl (C=O) groups excluding carboxylic acids is 2. The predicted octanol–water partition coefficient (Wildman–Crippen LogP) is 9.45. The van der Waals surface area contributed by atoms with Crippen molar-refractivity contribution in [2.75, 3.05) is 4.90 Å². The number of fused-ring (bicyclic) bond motifs is 3. The molecule has 7 rings (SSSR count). The number of rotatable bonds is 7. The van der Waals surface area contributed by atoms with Crippen LogP contribution in [0.15, 0.2) is 146 Å². The standard InChI is InChI=1S/C40H29NO2/c1-28-14-24-34(25-15-28)41(33-8-3-2-4-9-33)38-13-7-12-37-39(38)35-10-5-6-11-36(35)40(37,31-20-16-29(26-42)17-21-31)32-22-18-30(27-43)19-23-32/h2-27H,1H3. The third-order valence-corrected chi connectivity index (χ3v) is 8.55. The van der Waals surface area contributed by atoms with Crippen molar-refractivity contribution in [3.63, 3.8) is 0 Å². The summed E-state index contributed by atoms with van der Waals surface area (Å²) in [4.78, 5) is 25.6. The lowest BCUT2D eigenvalue weighted by Crippen LogP contribution is -2.28. The van der Waals surface area contributed by atoms with Gasteiger partial charge in [-0.3, -0.25) is 9.59 Å². The van der Waals surface area contributed by atoms with E-state index in [2.05, 4.69) is 127 Å². The summed E-state index contributed by atoms with van der Waals surface area (Å²) < 4.78 is 0. The lowest BCUT2D eigenvalue weighted by Gasteiger charge is -2.34. The highest BCUT2D eigenvalue weighted by Gasteiger charge is 2.47. The Morgan fingerprint density at radius 1 is 0.512 bits per heavy atom. The maximum atomic E-state index is 11.6. The van der Waals surface area contributed by atoms with Crippen LogP contribution < -0.4 is 4.90 Å². The summed E-state index contributed by atoms with van der Waals surface area (Å²) in [6.45, 7) is 2.10. The molecule has 0 atom stereocenters. The van der Waals surface area contributed by atoms with Gasteiger partial charge in [0.25, 0.3) is 0 Å². The molecular formula is C40H29NO2. The fraction of sp³-hybridized carbons (Fsp3) is 0.0500. The summed E-state index contributed by atoms with van der Waals surface area (Å²) >= 11 is 0. The van der Waals surface area contributed by atoms with Crippen LogP contribution >= 0.6 is 0 Å². The minimum Gasteiger partial charge on any atom is -0.310 e. The highest BCUT2D eigenvalue weighted by Crippen LogP contribution is 2.59. The molecule has 206 valence electrons. The van der Waals surface area contributed by atoms with Gasteiger partial charge in [0.2, 0.25) is 0 Å². The van der Waals surface area contributed by atoms with Crippen LogP contribution in [0.1, 0.15) is 48.5 Å². The fourth-order valence-electron chi connectivity index (χ4n) is 6.61. The van der Waals surface area contributed by atoms with Gasteiger partial charge in [-0.25, -0.2) is 0 Å². The summed E-state index contributed by atoms with van der Waals surface area (Å²) in [6, 6.07) is 50.1. The molecule has 0 fully saturated rings. The van der Waals surface area contributed by atoms with Crippen LogP contribution in [0, 0.1) is 6.92 Å². The first kappa shape index (κ1) is 26.4. The van der Waals surface area contributed by atoms with Crippen molar-refractivity contribution in [3.8, 4) is 11.1 Å². The Labute approximate surface area is 251 Å². The number of anilines is 3. The largest absolute Gasteiger partial charge is 0.310 e. The van der Waals surface area contributed by atoms with Crippen LogP contribution in [0.25, 0.3) is 11.1 Å². The Balaban J connectivity index is 1.58. The van der Waals surface area contributed by atoms with Crippen LogP contribution in [0.3, 0.4) is 0 Å². The first-order chi connectivity index (χ1) is 21.1. The van der Waals surface area contributed by atoms with Gasteiger partial charge < -0.3 is 4.90 Å². The van der Waals surface area contributed by atoms with Gasteiger partial charge in [-0.1, -0.05) is 121 Å². The van der Waals surface area contributed by atoms with Crippen molar-refractivity contribution >= 4 is 29.6 Å². The molecule has 0 aromatic heterocycles. The van der Waals surface area contributed by atoms with Crippen molar-refractivity contribution in [2.45, 2.75) is 12.3 Å². The van der Waals surface area contributed by atoms with E-state index >= 15 is 0 Å². The molecule has 1 aliphatic rings. The van der Waals surface area contributed by atoms with Crippen molar-refractivity contribution < 1.29 is 9.59 Å². The Morgan fingerprint density at radius 2 is 1.05 bits per heavy atom. The first-order valence-corrected chi connectivity index (χ1v) is 14.4. The summed E-state index contributed by atoms with van der Waals surface area (Å²) in [5.74, 6) is 0. The fourth-order valence-corrected chi connectivity index (χ4v) is 6.61. The molecule has 0 saturated heterocycles. The molecule has 3 heteroatoms. The second-order valence-corrected chi connectivity index (χ2v) is 11.0. The summed E-state index contributed by atoms with van der Waals surface area (Å²) in [5, 5.41) is 0. The molecule has 6 aromatic rings. The molecule has 0 amide bonds. The lowest BCUT2D eigenvalue weighted by molar-refractivity contribution is 0.111. The first-order valence-electron chi connectivity index (χ1n) is 14.4. The van der Waals surface area contributed by atoms with E-state index in [1.54, 1.807) is 0 Å². The van der Waals surface area contributed by atoms with E-state index in [4.69, 9.17) is 0 Å². The maximum absolute atomic E-state index is 11.6.